The summed E-state index contributed by atoms with van der Waals surface area (Å²) < 4.78 is 11.3. The third-order valence-corrected chi connectivity index (χ3v) is 3.84. The summed E-state index contributed by atoms with van der Waals surface area (Å²) in [6, 6.07) is 0.389. The van der Waals surface area contributed by atoms with Gasteiger partial charge in [0.1, 0.15) is 0 Å². The van der Waals surface area contributed by atoms with Crippen LogP contribution in [0.25, 0.3) is 0 Å². The van der Waals surface area contributed by atoms with Crippen molar-refractivity contribution < 1.29 is 9.47 Å². The molecule has 1 saturated heterocycles. The zero-order chi connectivity index (χ0) is 13.3. The third kappa shape index (κ3) is 4.28. The lowest BCUT2D eigenvalue weighted by molar-refractivity contribution is -0.111. The Bertz CT molecular complexity index is 254. The van der Waals surface area contributed by atoms with Crippen molar-refractivity contribution in [2.45, 2.75) is 57.1 Å². The number of nitrogens with one attached hydrogen (secondary N) is 1. The van der Waals surface area contributed by atoms with Gasteiger partial charge in [0, 0.05) is 45.6 Å². The van der Waals surface area contributed by atoms with Gasteiger partial charge in [-0.15, -0.1) is 12.3 Å². The van der Waals surface area contributed by atoms with Crippen LogP contribution in [0.1, 0.15) is 45.4 Å². The fourth-order valence-electron chi connectivity index (χ4n) is 2.69. The standard InChI is InChI=1S/C15H27NO2/c1-4-6-7-8-14(16-11-5-2)15(17-3)9-12-18-13-10-15/h1,14,16H,5-13H2,2-3H3. The molecule has 104 valence electrons. The van der Waals surface area contributed by atoms with E-state index in [-0.39, 0.29) is 5.60 Å². The van der Waals surface area contributed by atoms with Crippen molar-refractivity contribution in [2.75, 3.05) is 26.9 Å². The lowest BCUT2D eigenvalue weighted by atomic mass is 9.83. The van der Waals surface area contributed by atoms with Gasteiger partial charge in [-0.25, -0.2) is 0 Å². The summed E-state index contributed by atoms with van der Waals surface area (Å²) >= 11 is 0. The van der Waals surface area contributed by atoms with Crippen molar-refractivity contribution in [3.05, 3.63) is 0 Å². The molecule has 0 saturated carbocycles. The predicted octanol–water partition coefficient (Wildman–Crippen LogP) is 2.35. The highest BCUT2D eigenvalue weighted by Gasteiger charge is 2.39. The summed E-state index contributed by atoms with van der Waals surface area (Å²) in [6.07, 6.45) is 11.4. The number of rotatable bonds is 8. The van der Waals surface area contributed by atoms with E-state index in [4.69, 9.17) is 15.9 Å². The van der Waals surface area contributed by atoms with Gasteiger partial charge in [-0.1, -0.05) is 6.92 Å². The fourth-order valence-corrected chi connectivity index (χ4v) is 2.69. The molecule has 1 N–H and O–H groups in total. The number of methoxy groups -OCH3 is 1. The first-order valence-corrected chi connectivity index (χ1v) is 7.09. The number of unbranched alkanes of at least 4 members (excludes halogenated alkanes) is 1. The van der Waals surface area contributed by atoms with E-state index in [2.05, 4.69) is 18.2 Å². The third-order valence-electron chi connectivity index (χ3n) is 3.84. The molecule has 0 bridgehead atoms. The van der Waals surface area contributed by atoms with E-state index in [1.807, 2.05) is 7.11 Å². The van der Waals surface area contributed by atoms with Gasteiger partial charge in [0.15, 0.2) is 0 Å². The zero-order valence-electron chi connectivity index (χ0n) is 11.8. The van der Waals surface area contributed by atoms with Gasteiger partial charge < -0.3 is 14.8 Å². The number of ether oxygens (including phenoxy) is 2. The Morgan fingerprint density at radius 3 is 2.72 bits per heavy atom. The Balaban J connectivity index is 2.61. The minimum absolute atomic E-state index is 0.0674. The molecule has 1 heterocycles. The van der Waals surface area contributed by atoms with Crippen LogP contribution in [-0.2, 0) is 9.47 Å². The maximum absolute atomic E-state index is 5.87. The van der Waals surface area contributed by atoms with E-state index in [1.54, 1.807) is 0 Å². The van der Waals surface area contributed by atoms with Crippen LogP contribution < -0.4 is 5.32 Å². The van der Waals surface area contributed by atoms with Gasteiger partial charge in [0.25, 0.3) is 0 Å². The minimum atomic E-state index is -0.0674. The predicted molar refractivity (Wildman–Crippen MR) is 74.6 cm³/mol. The molecule has 0 aromatic carbocycles. The zero-order valence-corrected chi connectivity index (χ0v) is 11.8. The van der Waals surface area contributed by atoms with Gasteiger partial charge >= 0.3 is 0 Å². The molecule has 1 aliphatic rings. The lowest BCUT2D eigenvalue weighted by Gasteiger charge is -2.43. The maximum Gasteiger partial charge on any atom is 0.0874 e. The normalized spacial score (nSPS) is 20.3. The van der Waals surface area contributed by atoms with E-state index in [0.29, 0.717) is 6.04 Å². The van der Waals surface area contributed by atoms with E-state index >= 15 is 0 Å². The molecule has 3 nitrogen and oxygen atoms in total. The number of hydrogen-bond donors (Lipinski definition) is 1. The van der Waals surface area contributed by atoms with Gasteiger partial charge in [-0.2, -0.15) is 0 Å². The molecule has 0 amide bonds. The minimum Gasteiger partial charge on any atom is -0.381 e. The topological polar surface area (TPSA) is 30.5 Å². The first kappa shape index (κ1) is 15.5. The summed E-state index contributed by atoms with van der Waals surface area (Å²) in [7, 11) is 1.83. The van der Waals surface area contributed by atoms with E-state index in [9.17, 15) is 0 Å². The molecule has 1 atom stereocenters. The average Bonchev–Trinajstić information content (AvgIpc) is 2.43. The average molecular weight is 253 g/mol. The second-order valence-corrected chi connectivity index (χ2v) is 4.98. The maximum atomic E-state index is 5.87. The molecule has 0 spiro atoms. The van der Waals surface area contributed by atoms with Crippen molar-refractivity contribution in [3.63, 3.8) is 0 Å². The summed E-state index contributed by atoms with van der Waals surface area (Å²) in [5.41, 5.74) is -0.0674. The molecule has 1 fully saturated rings. The second kappa shape index (κ2) is 8.53. The van der Waals surface area contributed by atoms with Crippen molar-refractivity contribution >= 4 is 0 Å². The van der Waals surface area contributed by atoms with Crippen molar-refractivity contribution in [1.29, 1.82) is 0 Å². The first-order chi connectivity index (χ1) is 8.79. The first-order valence-electron chi connectivity index (χ1n) is 7.09. The van der Waals surface area contributed by atoms with Crippen LogP contribution in [0.3, 0.4) is 0 Å². The molecule has 3 heteroatoms. The Labute approximate surface area is 112 Å². The Kier molecular flexibility index (Phi) is 7.34. The van der Waals surface area contributed by atoms with Crippen LogP contribution in [0.15, 0.2) is 0 Å². The Morgan fingerprint density at radius 2 is 2.17 bits per heavy atom. The highest BCUT2D eigenvalue weighted by atomic mass is 16.5. The van der Waals surface area contributed by atoms with E-state index in [1.165, 1.54) is 0 Å². The molecule has 18 heavy (non-hydrogen) atoms. The largest absolute Gasteiger partial charge is 0.381 e. The van der Waals surface area contributed by atoms with E-state index < -0.39 is 0 Å². The molecule has 0 aromatic heterocycles. The van der Waals surface area contributed by atoms with Crippen LogP contribution in [0.4, 0.5) is 0 Å². The second-order valence-electron chi connectivity index (χ2n) is 4.98. The Hall–Kier alpha value is -0.560. The van der Waals surface area contributed by atoms with Crippen LogP contribution in [-0.4, -0.2) is 38.5 Å². The summed E-state index contributed by atoms with van der Waals surface area (Å²) in [4.78, 5) is 0. The summed E-state index contributed by atoms with van der Waals surface area (Å²) in [5, 5.41) is 3.64. The SMILES string of the molecule is C#CCCCC(NCCC)C1(OC)CCOCC1. The van der Waals surface area contributed by atoms with Crippen molar-refractivity contribution in [3.8, 4) is 12.3 Å². The van der Waals surface area contributed by atoms with Crippen LogP contribution >= 0.6 is 0 Å². The molecule has 1 aliphatic heterocycles. The van der Waals surface area contributed by atoms with Gasteiger partial charge in [0.2, 0.25) is 0 Å². The number of hydrogen-bond acceptors (Lipinski definition) is 3. The van der Waals surface area contributed by atoms with Crippen LogP contribution in [0.5, 0.6) is 0 Å². The molecule has 1 rings (SSSR count). The molecular formula is C15H27NO2. The summed E-state index contributed by atoms with van der Waals surface area (Å²) in [5.74, 6) is 2.72. The quantitative estimate of drug-likeness (QED) is 0.532. The van der Waals surface area contributed by atoms with Crippen LogP contribution in [0.2, 0.25) is 0 Å². The van der Waals surface area contributed by atoms with Gasteiger partial charge in [0.05, 0.1) is 5.60 Å². The van der Waals surface area contributed by atoms with E-state index in [0.717, 1.165) is 58.3 Å². The molecular weight excluding hydrogens is 226 g/mol. The van der Waals surface area contributed by atoms with Crippen molar-refractivity contribution in [2.24, 2.45) is 0 Å². The molecule has 0 radical (unpaired) electrons. The van der Waals surface area contributed by atoms with Gasteiger partial charge in [-0.05, 0) is 25.8 Å². The smallest absolute Gasteiger partial charge is 0.0874 e. The highest BCUT2D eigenvalue weighted by molar-refractivity contribution is 4.95. The molecule has 1 unspecified atom stereocenters. The van der Waals surface area contributed by atoms with Gasteiger partial charge in [-0.3, -0.25) is 0 Å². The van der Waals surface area contributed by atoms with Crippen molar-refractivity contribution in [1.82, 2.24) is 5.32 Å². The lowest BCUT2D eigenvalue weighted by Crippen LogP contribution is -2.55. The van der Waals surface area contributed by atoms with Crippen LogP contribution in [0, 0.1) is 12.3 Å². The highest BCUT2D eigenvalue weighted by Crippen LogP contribution is 2.30. The Morgan fingerprint density at radius 1 is 1.44 bits per heavy atom. The molecule has 0 aliphatic carbocycles. The summed E-state index contributed by atoms with van der Waals surface area (Å²) in [6.45, 7) is 4.82. The monoisotopic (exact) mass is 253 g/mol. The molecule has 0 aromatic rings. The fraction of sp³-hybridized carbons (Fsp3) is 0.867. The number of terminal acetylenes is 1.